The SMILES string of the molecule is CCCCOCC(C)C.OCCO. The summed E-state index contributed by atoms with van der Waals surface area (Å²) in [5.74, 6) is 0.682. The molecule has 0 rings (SSSR count). The molecule has 0 unspecified atom stereocenters. The highest BCUT2D eigenvalue weighted by Gasteiger charge is 1.91. The van der Waals surface area contributed by atoms with Crippen molar-refractivity contribution in [3.05, 3.63) is 0 Å². The summed E-state index contributed by atoms with van der Waals surface area (Å²) in [6.45, 7) is 8.13. The van der Waals surface area contributed by atoms with Gasteiger partial charge in [0.15, 0.2) is 0 Å². The van der Waals surface area contributed by atoms with Crippen molar-refractivity contribution in [2.45, 2.75) is 33.6 Å². The maximum atomic E-state index is 7.62. The molecule has 0 atom stereocenters. The predicted molar refractivity (Wildman–Crippen MR) is 54.7 cm³/mol. The second kappa shape index (κ2) is 14.4. The van der Waals surface area contributed by atoms with E-state index in [2.05, 4.69) is 20.8 Å². The van der Waals surface area contributed by atoms with E-state index in [4.69, 9.17) is 14.9 Å². The summed E-state index contributed by atoms with van der Waals surface area (Å²) in [7, 11) is 0. The third-order valence-corrected chi connectivity index (χ3v) is 1.19. The monoisotopic (exact) mass is 192 g/mol. The molecule has 2 N–H and O–H groups in total. The Morgan fingerprint density at radius 3 is 2.00 bits per heavy atom. The Balaban J connectivity index is 0. The molecule has 0 aliphatic rings. The molecular formula is C10H24O3. The van der Waals surface area contributed by atoms with Gasteiger partial charge in [0.05, 0.1) is 13.2 Å². The molecule has 0 amide bonds. The maximum absolute atomic E-state index is 7.62. The van der Waals surface area contributed by atoms with Crippen molar-refractivity contribution >= 4 is 0 Å². The molecule has 0 heterocycles. The molecule has 0 radical (unpaired) electrons. The van der Waals surface area contributed by atoms with Crippen LogP contribution in [0.1, 0.15) is 33.6 Å². The number of rotatable bonds is 6. The summed E-state index contributed by atoms with van der Waals surface area (Å²) in [4.78, 5) is 0. The zero-order valence-electron chi connectivity index (χ0n) is 9.12. The molecule has 0 aromatic carbocycles. The average molecular weight is 192 g/mol. The van der Waals surface area contributed by atoms with Gasteiger partial charge in [0.25, 0.3) is 0 Å². The van der Waals surface area contributed by atoms with Crippen molar-refractivity contribution in [2.75, 3.05) is 26.4 Å². The van der Waals surface area contributed by atoms with Crippen LogP contribution in [-0.4, -0.2) is 36.6 Å². The fraction of sp³-hybridized carbons (Fsp3) is 1.00. The van der Waals surface area contributed by atoms with E-state index in [0.29, 0.717) is 5.92 Å². The third kappa shape index (κ3) is 24.5. The van der Waals surface area contributed by atoms with Crippen LogP contribution in [0, 0.1) is 5.92 Å². The van der Waals surface area contributed by atoms with Gasteiger partial charge in [-0.2, -0.15) is 0 Å². The van der Waals surface area contributed by atoms with Crippen molar-refractivity contribution in [1.29, 1.82) is 0 Å². The maximum Gasteiger partial charge on any atom is 0.0662 e. The molecule has 0 aliphatic heterocycles. The first-order valence-electron chi connectivity index (χ1n) is 4.98. The van der Waals surface area contributed by atoms with E-state index in [1.807, 2.05) is 0 Å². The van der Waals surface area contributed by atoms with Gasteiger partial charge in [0, 0.05) is 13.2 Å². The first kappa shape index (κ1) is 15.4. The van der Waals surface area contributed by atoms with E-state index in [9.17, 15) is 0 Å². The summed E-state index contributed by atoms with van der Waals surface area (Å²) in [6, 6.07) is 0. The van der Waals surface area contributed by atoms with Crippen molar-refractivity contribution in [1.82, 2.24) is 0 Å². The molecule has 0 saturated heterocycles. The van der Waals surface area contributed by atoms with Gasteiger partial charge in [0.2, 0.25) is 0 Å². The number of aliphatic hydroxyl groups excluding tert-OH is 2. The first-order valence-corrected chi connectivity index (χ1v) is 4.98. The topological polar surface area (TPSA) is 49.7 Å². The molecule has 82 valence electrons. The summed E-state index contributed by atoms with van der Waals surface area (Å²) in [5.41, 5.74) is 0. The van der Waals surface area contributed by atoms with Crippen LogP contribution in [0.15, 0.2) is 0 Å². The minimum absolute atomic E-state index is 0.125. The minimum Gasteiger partial charge on any atom is -0.394 e. The Kier molecular flexibility index (Phi) is 17.0. The van der Waals surface area contributed by atoms with Crippen molar-refractivity contribution in [3.8, 4) is 0 Å². The summed E-state index contributed by atoms with van der Waals surface area (Å²) >= 11 is 0. The Bertz CT molecular complexity index is 72.6. The molecule has 0 saturated carbocycles. The zero-order valence-corrected chi connectivity index (χ0v) is 9.12. The zero-order chi connectivity index (χ0) is 10.5. The molecule has 0 spiro atoms. The van der Waals surface area contributed by atoms with Gasteiger partial charge in [-0.15, -0.1) is 0 Å². The van der Waals surface area contributed by atoms with Crippen LogP contribution >= 0.6 is 0 Å². The molecule has 0 bridgehead atoms. The van der Waals surface area contributed by atoms with Gasteiger partial charge in [-0.1, -0.05) is 27.2 Å². The van der Waals surface area contributed by atoms with Crippen LogP contribution in [0.2, 0.25) is 0 Å². The number of aliphatic hydroxyl groups is 2. The Morgan fingerprint density at radius 2 is 1.69 bits per heavy atom. The van der Waals surface area contributed by atoms with Gasteiger partial charge in [0.1, 0.15) is 0 Å². The van der Waals surface area contributed by atoms with Crippen molar-refractivity contribution in [3.63, 3.8) is 0 Å². The fourth-order valence-electron chi connectivity index (χ4n) is 0.565. The lowest BCUT2D eigenvalue weighted by Gasteiger charge is -2.04. The van der Waals surface area contributed by atoms with Crippen molar-refractivity contribution < 1.29 is 14.9 Å². The van der Waals surface area contributed by atoms with Crippen LogP contribution in [0.3, 0.4) is 0 Å². The fourth-order valence-corrected chi connectivity index (χ4v) is 0.565. The summed E-state index contributed by atoms with van der Waals surface area (Å²) < 4.78 is 5.34. The lowest BCUT2D eigenvalue weighted by molar-refractivity contribution is 0.107. The van der Waals surface area contributed by atoms with E-state index in [0.717, 1.165) is 13.2 Å². The Morgan fingerprint density at radius 1 is 1.15 bits per heavy atom. The molecule has 0 aromatic heterocycles. The van der Waals surface area contributed by atoms with E-state index in [1.165, 1.54) is 12.8 Å². The number of hydrogen-bond donors (Lipinski definition) is 2. The second-order valence-corrected chi connectivity index (χ2v) is 3.27. The summed E-state index contributed by atoms with van der Waals surface area (Å²) in [6.07, 6.45) is 2.44. The van der Waals surface area contributed by atoms with Crippen LogP contribution in [0.25, 0.3) is 0 Å². The molecule has 0 fully saturated rings. The smallest absolute Gasteiger partial charge is 0.0662 e. The molecular weight excluding hydrogens is 168 g/mol. The molecule has 3 heteroatoms. The highest BCUT2D eigenvalue weighted by atomic mass is 16.5. The van der Waals surface area contributed by atoms with Gasteiger partial charge < -0.3 is 14.9 Å². The van der Waals surface area contributed by atoms with Gasteiger partial charge in [-0.25, -0.2) is 0 Å². The quantitative estimate of drug-likeness (QED) is 0.626. The van der Waals surface area contributed by atoms with E-state index >= 15 is 0 Å². The lowest BCUT2D eigenvalue weighted by atomic mass is 10.2. The standard InChI is InChI=1S/C8H18O.C2H6O2/c1-4-5-6-9-7-8(2)3;3-1-2-4/h8H,4-7H2,1-3H3;3-4H,1-2H2. The van der Waals surface area contributed by atoms with Gasteiger partial charge in [-0.3, -0.25) is 0 Å². The minimum atomic E-state index is -0.125. The molecule has 0 aliphatic carbocycles. The van der Waals surface area contributed by atoms with Gasteiger partial charge >= 0.3 is 0 Å². The normalized spacial score (nSPS) is 9.69. The first-order chi connectivity index (χ1) is 6.18. The van der Waals surface area contributed by atoms with Gasteiger partial charge in [-0.05, 0) is 12.3 Å². The Hall–Kier alpha value is -0.120. The predicted octanol–water partition coefficient (Wildman–Crippen LogP) is 1.43. The number of unbranched alkanes of at least 4 members (excludes halogenated alkanes) is 1. The third-order valence-electron chi connectivity index (χ3n) is 1.19. The van der Waals surface area contributed by atoms with E-state index < -0.39 is 0 Å². The van der Waals surface area contributed by atoms with Crippen molar-refractivity contribution in [2.24, 2.45) is 5.92 Å². The van der Waals surface area contributed by atoms with Crippen LogP contribution in [0.4, 0.5) is 0 Å². The largest absolute Gasteiger partial charge is 0.394 e. The van der Waals surface area contributed by atoms with E-state index in [-0.39, 0.29) is 13.2 Å². The highest BCUT2D eigenvalue weighted by Crippen LogP contribution is 1.94. The van der Waals surface area contributed by atoms with Crippen LogP contribution in [-0.2, 0) is 4.74 Å². The molecule has 13 heavy (non-hydrogen) atoms. The lowest BCUT2D eigenvalue weighted by Crippen LogP contribution is -2.02. The molecule has 0 aromatic rings. The second-order valence-electron chi connectivity index (χ2n) is 3.27. The Labute approximate surface area is 81.7 Å². The number of hydrogen-bond acceptors (Lipinski definition) is 3. The molecule has 3 nitrogen and oxygen atoms in total. The highest BCUT2D eigenvalue weighted by molar-refractivity contribution is 4.39. The number of ether oxygens (including phenoxy) is 1. The van der Waals surface area contributed by atoms with E-state index in [1.54, 1.807) is 0 Å². The summed E-state index contributed by atoms with van der Waals surface area (Å²) in [5, 5.41) is 15.2. The average Bonchev–Trinajstić information content (AvgIpc) is 2.13. The van der Waals surface area contributed by atoms with Crippen LogP contribution in [0.5, 0.6) is 0 Å². The van der Waals surface area contributed by atoms with Crippen LogP contribution < -0.4 is 0 Å².